The molecule has 1 aliphatic rings. The number of carbonyl (C=O) groups excluding carboxylic acids is 1. The number of benzene rings is 1. The van der Waals surface area contributed by atoms with Gasteiger partial charge in [0.05, 0.1) is 12.1 Å². The fourth-order valence-corrected chi connectivity index (χ4v) is 4.22. The second kappa shape index (κ2) is 8.70. The first kappa shape index (κ1) is 19.6. The van der Waals surface area contributed by atoms with Gasteiger partial charge in [0, 0.05) is 31.7 Å². The molecule has 146 valence electrons. The largest absolute Gasteiger partial charge is 0.361 e. The van der Waals surface area contributed by atoms with Crippen molar-refractivity contribution in [3.05, 3.63) is 52.4 Å². The molecule has 5 heteroatoms. The summed E-state index contributed by atoms with van der Waals surface area (Å²) in [4.78, 5) is 14.9. The monoisotopic (exact) mass is 369 g/mol. The highest BCUT2D eigenvalue weighted by Gasteiger charge is 2.22. The lowest BCUT2D eigenvalue weighted by Crippen LogP contribution is -2.38. The Kier molecular flexibility index (Phi) is 6.32. The molecule has 1 fully saturated rings. The van der Waals surface area contributed by atoms with E-state index in [9.17, 15) is 4.79 Å². The van der Waals surface area contributed by atoms with Gasteiger partial charge in [-0.05, 0) is 43.2 Å². The molecule has 2 atom stereocenters. The van der Waals surface area contributed by atoms with Crippen LogP contribution in [0.1, 0.15) is 48.4 Å². The topological polar surface area (TPSA) is 58.4 Å². The first-order chi connectivity index (χ1) is 12.9. The molecule has 5 nitrogen and oxygen atoms in total. The summed E-state index contributed by atoms with van der Waals surface area (Å²) in [5, 5.41) is 6.98. The van der Waals surface area contributed by atoms with Crippen molar-refractivity contribution < 1.29 is 9.32 Å². The molecule has 0 saturated carbocycles. The minimum absolute atomic E-state index is 0.000537. The molecule has 0 radical (unpaired) electrons. The zero-order valence-corrected chi connectivity index (χ0v) is 16.9. The first-order valence-electron chi connectivity index (χ1n) is 9.90. The Morgan fingerprint density at radius 3 is 2.48 bits per heavy atom. The Labute approximate surface area is 162 Å². The number of hydrogen-bond acceptors (Lipinski definition) is 4. The number of likely N-dealkylation sites (tertiary alicyclic amines) is 1. The van der Waals surface area contributed by atoms with Gasteiger partial charge in [-0.1, -0.05) is 43.3 Å². The Balaban J connectivity index is 1.60. The normalized spacial score (nSPS) is 20.6. The molecule has 0 unspecified atom stereocenters. The van der Waals surface area contributed by atoms with E-state index in [1.165, 1.54) is 17.5 Å². The number of aryl methyl sites for hydroxylation is 2. The lowest BCUT2D eigenvalue weighted by atomic mass is 9.91. The van der Waals surface area contributed by atoms with E-state index in [1.807, 2.05) is 19.9 Å². The summed E-state index contributed by atoms with van der Waals surface area (Å²) in [6.45, 7) is 12.2. The molecule has 1 N–H and O–H groups in total. The number of nitrogens with zero attached hydrogens (tertiary/aromatic N) is 2. The quantitative estimate of drug-likeness (QED) is 0.845. The number of nitrogens with one attached hydrogen (secondary N) is 1. The van der Waals surface area contributed by atoms with Gasteiger partial charge < -0.3 is 9.84 Å². The average molecular weight is 370 g/mol. The van der Waals surface area contributed by atoms with Crippen molar-refractivity contribution in [1.29, 1.82) is 0 Å². The zero-order chi connectivity index (χ0) is 19.4. The first-order valence-corrected chi connectivity index (χ1v) is 9.90. The summed E-state index contributed by atoms with van der Waals surface area (Å²) >= 11 is 0. The van der Waals surface area contributed by atoms with E-state index in [0.29, 0.717) is 13.0 Å². The lowest BCUT2D eigenvalue weighted by Gasteiger charge is -2.35. The molecule has 1 amide bonds. The van der Waals surface area contributed by atoms with Crippen LogP contribution in [0.3, 0.4) is 0 Å². The SMILES string of the molecule is Cc1noc(C)c1CC(=O)NCc1ccccc1CN1C[C@@H](C)C[C@H](C)C1. The molecule has 27 heavy (non-hydrogen) atoms. The molecule has 1 aromatic carbocycles. The van der Waals surface area contributed by atoms with Gasteiger partial charge in [-0.3, -0.25) is 9.69 Å². The molecule has 0 bridgehead atoms. The number of amides is 1. The van der Waals surface area contributed by atoms with Crippen LogP contribution in [0.2, 0.25) is 0 Å². The smallest absolute Gasteiger partial charge is 0.224 e. The van der Waals surface area contributed by atoms with Gasteiger partial charge in [0.25, 0.3) is 0 Å². The third-order valence-electron chi connectivity index (χ3n) is 5.45. The third-order valence-corrected chi connectivity index (χ3v) is 5.45. The molecule has 0 spiro atoms. The van der Waals surface area contributed by atoms with Crippen LogP contribution >= 0.6 is 0 Å². The molecule has 2 aromatic rings. The number of aromatic nitrogens is 1. The van der Waals surface area contributed by atoms with Gasteiger partial charge >= 0.3 is 0 Å². The molecule has 1 aliphatic heterocycles. The summed E-state index contributed by atoms with van der Waals surface area (Å²) in [5.41, 5.74) is 4.17. The highest BCUT2D eigenvalue weighted by atomic mass is 16.5. The van der Waals surface area contributed by atoms with Crippen LogP contribution in [0.25, 0.3) is 0 Å². The predicted octanol–water partition coefficient (Wildman–Crippen LogP) is 3.63. The summed E-state index contributed by atoms with van der Waals surface area (Å²) in [6.07, 6.45) is 1.63. The van der Waals surface area contributed by atoms with Gasteiger partial charge in [0.2, 0.25) is 5.91 Å². The van der Waals surface area contributed by atoms with Crippen LogP contribution in [0.5, 0.6) is 0 Å². The number of piperidine rings is 1. The maximum atomic E-state index is 12.4. The van der Waals surface area contributed by atoms with E-state index >= 15 is 0 Å². The molecular formula is C22H31N3O2. The van der Waals surface area contributed by atoms with Gasteiger partial charge in [-0.2, -0.15) is 0 Å². The summed E-state index contributed by atoms with van der Waals surface area (Å²) in [7, 11) is 0. The van der Waals surface area contributed by atoms with E-state index in [4.69, 9.17) is 4.52 Å². The Bertz CT molecular complexity index is 754. The second-order valence-electron chi connectivity index (χ2n) is 8.17. The maximum Gasteiger partial charge on any atom is 0.224 e. The molecule has 3 rings (SSSR count). The van der Waals surface area contributed by atoms with Crippen molar-refractivity contribution in [2.24, 2.45) is 11.8 Å². The van der Waals surface area contributed by atoms with E-state index in [1.54, 1.807) is 0 Å². The number of rotatable bonds is 6. The molecule has 1 saturated heterocycles. The van der Waals surface area contributed by atoms with Gasteiger partial charge in [0.15, 0.2) is 0 Å². The lowest BCUT2D eigenvalue weighted by molar-refractivity contribution is -0.120. The average Bonchev–Trinajstić information content (AvgIpc) is 2.92. The Hall–Kier alpha value is -2.14. The van der Waals surface area contributed by atoms with Crippen molar-refractivity contribution >= 4 is 5.91 Å². The van der Waals surface area contributed by atoms with Crippen LogP contribution in [0.4, 0.5) is 0 Å². The van der Waals surface area contributed by atoms with Crippen molar-refractivity contribution in [1.82, 2.24) is 15.4 Å². The van der Waals surface area contributed by atoms with Gasteiger partial charge in [-0.25, -0.2) is 0 Å². The summed E-state index contributed by atoms with van der Waals surface area (Å²) < 4.78 is 5.14. The molecule has 1 aromatic heterocycles. The molecular weight excluding hydrogens is 338 g/mol. The Morgan fingerprint density at radius 2 is 1.85 bits per heavy atom. The zero-order valence-electron chi connectivity index (χ0n) is 16.9. The van der Waals surface area contributed by atoms with E-state index in [-0.39, 0.29) is 5.91 Å². The Morgan fingerprint density at radius 1 is 1.19 bits per heavy atom. The van der Waals surface area contributed by atoms with E-state index in [2.05, 4.69) is 47.4 Å². The second-order valence-corrected chi connectivity index (χ2v) is 8.17. The van der Waals surface area contributed by atoms with E-state index < -0.39 is 0 Å². The molecule has 0 aliphatic carbocycles. The third kappa shape index (κ3) is 5.19. The maximum absolute atomic E-state index is 12.4. The van der Waals surface area contributed by atoms with Crippen molar-refractivity contribution in [3.8, 4) is 0 Å². The highest BCUT2D eigenvalue weighted by molar-refractivity contribution is 5.79. The number of carbonyl (C=O) groups is 1. The summed E-state index contributed by atoms with van der Waals surface area (Å²) in [5.74, 6) is 2.21. The van der Waals surface area contributed by atoms with Crippen molar-refractivity contribution in [2.45, 2.75) is 53.6 Å². The predicted molar refractivity (Wildman–Crippen MR) is 106 cm³/mol. The summed E-state index contributed by atoms with van der Waals surface area (Å²) in [6, 6.07) is 8.42. The number of hydrogen-bond donors (Lipinski definition) is 1. The van der Waals surface area contributed by atoms with Crippen LogP contribution < -0.4 is 5.32 Å². The van der Waals surface area contributed by atoms with Crippen molar-refractivity contribution in [2.75, 3.05) is 13.1 Å². The highest BCUT2D eigenvalue weighted by Crippen LogP contribution is 2.23. The molecule has 2 heterocycles. The standard InChI is InChI=1S/C22H31N3O2/c1-15-9-16(2)13-25(12-15)14-20-8-6-5-7-19(20)11-23-22(26)10-21-17(3)24-27-18(21)4/h5-8,15-16H,9-14H2,1-4H3,(H,23,26)/t15-,16-/m0/s1. The van der Waals surface area contributed by atoms with Gasteiger partial charge in [0.1, 0.15) is 5.76 Å². The minimum Gasteiger partial charge on any atom is -0.361 e. The minimum atomic E-state index is -0.000537. The van der Waals surface area contributed by atoms with Crippen LogP contribution in [-0.2, 0) is 24.3 Å². The fourth-order valence-electron chi connectivity index (χ4n) is 4.22. The fraction of sp³-hybridized carbons (Fsp3) is 0.545. The van der Waals surface area contributed by atoms with Crippen LogP contribution in [-0.4, -0.2) is 29.1 Å². The van der Waals surface area contributed by atoms with Crippen LogP contribution in [0, 0.1) is 25.7 Å². The van der Waals surface area contributed by atoms with Crippen molar-refractivity contribution in [3.63, 3.8) is 0 Å². The van der Waals surface area contributed by atoms with Crippen LogP contribution in [0.15, 0.2) is 28.8 Å². The van der Waals surface area contributed by atoms with E-state index in [0.717, 1.165) is 48.5 Å². The van der Waals surface area contributed by atoms with Gasteiger partial charge in [-0.15, -0.1) is 0 Å².